The second-order valence-corrected chi connectivity index (χ2v) is 6.25. The zero-order valence-electron chi connectivity index (χ0n) is 15.7. The summed E-state index contributed by atoms with van der Waals surface area (Å²) in [5.74, 6) is 1.22. The smallest absolute Gasteiger partial charge is 0.184 e. The largest absolute Gasteiger partial charge is 0.492 e. The van der Waals surface area contributed by atoms with Crippen molar-refractivity contribution in [2.24, 2.45) is 0 Å². The van der Waals surface area contributed by atoms with Crippen LogP contribution in [0.3, 0.4) is 0 Å². The van der Waals surface area contributed by atoms with Gasteiger partial charge in [-0.3, -0.25) is 0 Å². The second kappa shape index (κ2) is 8.56. The zero-order valence-corrected chi connectivity index (χ0v) is 15.7. The van der Waals surface area contributed by atoms with Crippen molar-refractivity contribution in [1.82, 2.24) is 0 Å². The van der Waals surface area contributed by atoms with Gasteiger partial charge < -0.3 is 19.2 Å². The maximum Gasteiger partial charge on any atom is 0.184 e. The van der Waals surface area contributed by atoms with E-state index in [4.69, 9.17) is 9.47 Å². The number of nitrogens with zero attached hydrogens (tertiary/aromatic N) is 1. The Morgan fingerprint density at radius 2 is 1.72 bits per heavy atom. The fraction of sp³-hybridized carbons (Fsp3) is 0.381. The Morgan fingerprint density at radius 3 is 2.20 bits per heavy atom. The van der Waals surface area contributed by atoms with Crippen LogP contribution in [0.25, 0.3) is 0 Å². The van der Waals surface area contributed by atoms with Crippen LogP contribution in [-0.2, 0) is 11.2 Å². The number of aldehydes is 1. The average molecular weight is 341 g/mol. The molecule has 0 aliphatic carbocycles. The Hall–Kier alpha value is -2.49. The maximum absolute atomic E-state index is 11.6. The molecule has 0 bridgehead atoms. The number of carbonyl (C=O) groups is 1. The van der Waals surface area contributed by atoms with Gasteiger partial charge in [0.2, 0.25) is 0 Å². The van der Waals surface area contributed by atoms with E-state index >= 15 is 0 Å². The number of ether oxygens (including phenoxy) is 2. The lowest BCUT2D eigenvalue weighted by atomic mass is 9.91. The molecule has 1 atom stereocenters. The first kappa shape index (κ1) is 18.8. The summed E-state index contributed by atoms with van der Waals surface area (Å²) in [6.45, 7) is 2.02. The highest BCUT2D eigenvalue weighted by Crippen LogP contribution is 2.45. The fourth-order valence-electron chi connectivity index (χ4n) is 3.20. The molecule has 1 unspecified atom stereocenters. The molecule has 0 aliphatic rings. The van der Waals surface area contributed by atoms with Crippen LogP contribution in [0.2, 0.25) is 0 Å². The number of rotatable bonds is 8. The highest BCUT2D eigenvalue weighted by atomic mass is 16.5. The summed E-state index contributed by atoms with van der Waals surface area (Å²) in [5, 5.41) is 0. The van der Waals surface area contributed by atoms with Crippen LogP contribution >= 0.6 is 0 Å². The molecule has 4 nitrogen and oxygen atoms in total. The third-order valence-electron chi connectivity index (χ3n) is 4.41. The van der Waals surface area contributed by atoms with Gasteiger partial charge in [0, 0.05) is 32.0 Å². The SMILES string of the molecule is CCC(C=O)c1cc(Cc2ccccc2)c(OC)c(OC)c1N(C)C. The molecule has 2 aromatic rings. The lowest BCUT2D eigenvalue weighted by Crippen LogP contribution is -2.16. The van der Waals surface area contributed by atoms with Crippen LogP contribution in [0.15, 0.2) is 36.4 Å². The molecule has 4 heteroatoms. The van der Waals surface area contributed by atoms with E-state index in [1.165, 1.54) is 5.56 Å². The van der Waals surface area contributed by atoms with Gasteiger partial charge in [-0.05, 0) is 23.6 Å². The fourth-order valence-corrected chi connectivity index (χ4v) is 3.20. The van der Waals surface area contributed by atoms with Crippen LogP contribution < -0.4 is 14.4 Å². The monoisotopic (exact) mass is 341 g/mol. The molecule has 0 amide bonds. The molecule has 0 heterocycles. The van der Waals surface area contributed by atoms with Crippen LogP contribution in [0.4, 0.5) is 5.69 Å². The molecule has 2 aromatic carbocycles. The lowest BCUT2D eigenvalue weighted by molar-refractivity contribution is -0.109. The minimum Gasteiger partial charge on any atom is -0.492 e. The lowest BCUT2D eigenvalue weighted by Gasteiger charge is -2.26. The van der Waals surface area contributed by atoms with Crippen molar-refractivity contribution in [3.05, 3.63) is 53.1 Å². The third kappa shape index (κ3) is 3.95. The molecule has 0 fully saturated rings. The molecule has 2 rings (SSSR count). The van der Waals surface area contributed by atoms with E-state index in [2.05, 4.69) is 18.2 Å². The molecule has 25 heavy (non-hydrogen) atoms. The first-order valence-electron chi connectivity index (χ1n) is 8.51. The molecular weight excluding hydrogens is 314 g/mol. The Labute approximate surface area is 150 Å². The zero-order chi connectivity index (χ0) is 18.4. The Bertz CT molecular complexity index is 711. The normalized spacial score (nSPS) is 11.7. The molecule has 0 saturated heterocycles. The van der Waals surface area contributed by atoms with Crippen LogP contribution in [0.1, 0.15) is 36.0 Å². The first-order valence-corrected chi connectivity index (χ1v) is 8.51. The van der Waals surface area contributed by atoms with Crippen molar-refractivity contribution < 1.29 is 14.3 Å². The van der Waals surface area contributed by atoms with Gasteiger partial charge in [-0.2, -0.15) is 0 Å². The number of hydrogen-bond acceptors (Lipinski definition) is 4. The molecule has 0 saturated carbocycles. The van der Waals surface area contributed by atoms with Crippen molar-refractivity contribution >= 4 is 12.0 Å². The van der Waals surface area contributed by atoms with Crippen LogP contribution in [0.5, 0.6) is 11.5 Å². The topological polar surface area (TPSA) is 38.8 Å². The molecular formula is C21H27NO3. The maximum atomic E-state index is 11.6. The van der Waals surface area contributed by atoms with Gasteiger partial charge >= 0.3 is 0 Å². The third-order valence-corrected chi connectivity index (χ3v) is 4.41. The predicted octanol–water partition coefficient (Wildman–Crippen LogP) is 4.05. The molecule has 0 aromatic heterocycles. The number of carbonyl (C=O) groups excluding carboxylic acids is 1. The van der Waals surface area contributed by atoms with Crippen molar-refractivity contribution in [1.29, 1.82) is 0 Å². The number of methoxy groups -OCH3 is 2. The van der Waals surface area contributed by atoms with Crippen molar-refractivity contribution in [3.63, 3.8) is 0 Å². The van der Waals surface area contributed by atoms with Gasteiger partial charge in [-0.15, -0.1) is 0 Å². The van der Waals surface area contributed by atoms with Crippen molar-refractivity contribution in [2.45, 2.75) is 25.7 Å². The summed E-state index contributed by atoms with van der Waals surface area (Å²) < 4.78 is 11.4. The van der Waals surface area contributed by atoms with Crippen LogP contribution in [-0.4, -0.2) is 34.6 Å². The molecule has 0 aliphatic heterocycles. The van der Waals surface area contributed by atoms with Crippen LogP contribution in [0, 0.1) is 0 Å². The molecule has 0 radical (unpaired) electrons. The van der Waals surface area contributed by atoms with E-state index in [0.29, 0.717) is 5.75 Å². The van der Waals surface area contributed by atoms with Gasteiger partial charge in [0.05, 0.1) is 19.9 Å². The number of benzene rings is 2. The molecule has 0 N–H and O–H groups in total. The van der Waals surface area contributed by atoms with E-state index in [0.717, 1.165) is 41.7 Å². The minimum atomic E-state index is -0.174. The van der Waals surface area contributed by atoms with Gasteiger partial charge in [-0.1, -0.05) is 37.3 Å². The summed E-state index contributed by atoms with van der Waals surface area (Å²) in [6, 6.07) is 12.3. The summed E-state index contributed by atoms with van der Waals surface area (Å²) in [7, 11) is 7.20. The van der Waals surface area contributed by atoms with Gasteiger partial charge in [0.1, 0.15) is 6.29 Å². The summed E-state index contributed by atoms with van der Waals surface area (Å²) >= 11 is 0. The Morgan fingerprint density at radius 1 is 1.08 bits per heavy atom. The second-order valence-electron chi connectivity index (χ2n) is 6.25. The Balaban J connectivity index is 2.69. The Kier molecular flexibility index (Phi) is 6.45. The highest BCUT2D eigenvalue weighted by Gasteiger charge is 2.25. The van der Waals surface area contributed by atoms with E-state index in [1.54, 1.807) is 14.2 Å². The predicted molar refractivity (Wildman–Crippen MR) is 102 cm³/mol. The summed E-state index contributed by atoms with van der Waals surface area (Å²) in [6.07, 6.45) is 2.47. The quantitative estimate of drug-likeness (QED) is 0.679. The average Bonchev–Trinajstić information content (AvgIpc) is 2.62. The molecule has 134 valence electrons. The van der Waals surface area contributed by atoms with Gasteiger partial charge in [0.25, 0.3) is 0 Å². The van der Waals surface area contributed by atoms with Crippen molar-refractivity contribution in [3.8, 4) is 11.5 Å². The van der Waals surface area contributed by atoms with Gasteiger partial charge in [0.15, 0.2) is 11.5 Å². The van der Waals surface area contributed by atoms with Crippen molar-refractivity contribution in [2.75, 3.05) is 33.2 Å². The first-order chi connectivity index (χ1) is 12.1. The van der Waals surface area contributed by atoms with E-state index in [1.807, 2.05) is 44.1 Å². The summed E-state index contributed by atoms with van der Waals surface area (Å²) in [4.78, 5) is 13.6. The van der Waals surface area contributed by atoms with Gasteiger partial charge in [-0.25, -0.2) is 0 Å². The standard InChI is InChI=1S/C21H27NO3/c1-6-16(14-23)18-13-17(12-15-10-8-7-9-11-15)20(24-4)21(25-5)19(18)22(2)3/h7-11,13-14,16H,6,12H2,1-5H3. The highest BCUT2D eigenvalue weighted by molar-refractivity contribution is 5.77. The number of hydrogen-bond donors (Lipinski definition) is 0. The summed E-state index contributed by atoms with van der Waals surface area (Å²) in [5.41, 5.74) is 4.08. The van der Waals surface area contributed by atoms with E-state index < -0.39 is 0 Å². The minimum absolute atomic E-state index is 0.174. The number of anilines is 1. The van der Waals surface area contributed by atoms with E-state index in [9.17, 15) is 4.79 Å². The molecule has 0 spiro atoms. The van der Waals surface area contributed by atoms with E-state index in [-0.39, 0.29) is 5.92 Å².